The van der Waals surface area contributed by atoms with Crippen molar-refractivity contribution >= 4 is 42.8 Å². The summed E-state index contributed by atoms with van der Waals surface area (Å²) in [6.45, 7) is 1.80. The van der Waals surface area contributed by atoms with Crippen molar-refractivity contribution in [2.45, 2.75) is 0 Å². The van der Waals surface area contributed by atoms with E-state index in [-0.39, 0.29) is 0 Å². The van der Waals surface area contributed by atoms with Crippen LogP contribution in [-0.2, 0) is 4.74 Å². The summed E-state index contributed by atoms with van der Waals surface area (Å²) in [7, 11) is 9.93. The molecule has 0 radical (unpaired) electrons. The summed E-state index contributed by atoms with van der Waals surface area (Å²) < 4.78 is 5.25. The van der Waals surface area contributed by atoms with Crippen molar-refractivity contribution in [1.29, 1.82) is 0 Å². The van der Waals surface area contributed by atoms with Crippen molar-refractivity contribution in [1.82, 2.24) is 0 Å². The van der Waals surface area contributed by atoms with Gasteiger partial charge in [-0.15, -0.1) is 0 Å². The molecule has 0 saturated carbocycles. The van der Waals surface area contributed by atoms with Crippen molar-refractivity contribution in [2.75, 3.05) is 24.7 Å². The molecule has 5 heteroatoms. The van der Waals surface area contributed by atoms with Gasteiger partial charge in [0, 0.05) is 0 Å². The molecule has 1 rings (SSSR count). The van der Waals surface area contributed by atoms with E-state index in [9.17, 15) is 0 Å². The van der Waals surface area contributed by atoms with E-state index in [1.54, 1.807) is 0 Å². The van der Waals surface area contributed by atoms with E-state index < -0.39 is 16.3 Å². The molecule has 0 aromatic heterocycles. The fourth-order valence-corrected chi connectivity index (χ4v) is 12.9. The Morgan fingerprint density at radius 3 is 2.33 bits per heavy atom. The van der Waals surface area contributed by atoms with Gasteiger partial charge in [-0.1, -0.05) is 0 Å². The Labute approximate surface area is 71.7 Å². The van der Waals surface area contributed by atoms with Crippen LogP contribution in [0.15, 0.2) is 0 Å². The Hall–Kier alpha value is 1.77. The first-order chi connectivity index (χ1) is 4.39. The zero-order valence-electron chi connectivity index (χ0n) is 4.88. The molecule has 1 heterocycles. The fraction of sp³-hybridized carbons (Fsp3) is 1.00. The third-order valence-electron chi connectivity index (χ3n) is 0.841. The van der Waals surface area contributed by atoms with E-state index in [1.807, 2.05) is 17.7 Å². The molecule has 9 heavy (non-hydrogen) atoms. The first kappa shape index (κ1) is 8.86. The van der Waals surface area contributed by atoms with Crippen LogP contribution in [0.1, 0.15) is 0 Å². The molecule has 0 unspecified atom stereocenters. The number of ether oxygens (including phenoxy) is 1. The van der Waals surface area contributed by atoms with Gasteiger partial charge < -0.3 is 0 Å². The third-order valence-corrected chi connectivity index (χ3v) is 16.7. The van der Waals surface area contributed by atoms with E-state index in [0.717, 1.165) is 24.7 Å². The van der Waals surface area contributed by atoms with Gasteiger partial charge in [-0.05, 0) is 0 Å². The predicted octanol–water partition coefficient (Wildman–Crippen LogP) is 1.71. The second-order valence-electron chi connectivity index (χ2n) is 1.49. The van der Waals surface area contributed by atoms with Crippen LogP contribution in [0.2, 0.25) is 0 Å². The summed E-state index contributed by atoms with van der Waals surface area (Å²) >= 11 is -1.32. The standard InChI is InChI=1S/C4H10OS2.ClH.Sb/c6-3-1-5-2-4-7;;/h6-7H,1-4H2;1H;/q;;+3/p-3. The van der Waals surface area contributed by atoms with E-state index in [0.29, 0.717) is 0 Å². The minimum atomic E-state index is -1.32. The van der Waals surface area contributed by atoms with Crippen LogP contribution in [0, 0.1) is 0 Å². The topological polar surface area (TPSA) is 9.23 Å². The second-order valence-corrected chi connectivity index (χ2v) is 19.9. The van der Waals surface area contributed by atoms with Crippen LogP contribution in [0.4, 0.5) is 0 Å². The second kappa shape index (κ2) is 5.42. The Balaban J connectivity index is 2.12. The van der Waals surface area contributed by atoms with Gasteiger partial charge in [-0.2, -0.15) is 0 Å². The summed E-state index contributed by atoms with van der Waals surface area (Å²) in [6, 6.07) is 0. The van der Waals surface area contributed by atoms with Crippen LogP contribution >= 0.6 is 26.5 Å². The molecular weight excluding hydrogens is 285 g/mol. The first-order valence-electron chi connectivity index (χ1n) is 2.69. The number of rotatable bonds is 0. The Bertz CT molecular complexity index is 77.0. The van der Waals surface area contributed by atoms with Gasteiger partial charge in [0.25, 0.3) is 0 Å². The predicted molar refractivity (Wildman–Crippen MR) is 47.3 cm³/mol. The van der Waals surface area contributed by atoms with E-state index in [2.05, 4.69) is 0 Å². The SMILES string of the molecule is [Cl][Sb]1[S]CCOCC[S]1. The molecule has 54 valence electrons. The maximum atomic E-state index is 6.05. The summed E-state index contributed by atoms with van der Waals surface area (Å²) in [5, 5.41) is 0. The van der Waals surface area contributed by atoms with Crippen molar-refractivity contribution in [3.05, 3.63) is 0 Å². The van der Waals surface area contributed by atoms with Crippen LogP contribution < -0.4 is 0 Å². The molecule has 0 aliphatic carbocycles. The van der Waals surface area contributed by atoms with Gasteiger partial charge in [-0.3, -0.25) is 0 Å². The average molecular weight is 293 g/mol. The number of hydrogen-bond donors (Lipinski definition) is 0. The van der Waals surface area contributed by atoms with Gasteiger partial charge in [0.1, 0.15) is 0 Å². The summed E-state index contributed by atoms with van der Waals surface area (Å²) in [4.78, 5) is 0. The van der Waals surface area contributed by atoms with Gasteiger partial charge in [0.15, 0.2) is 0 Å². The van der Waals surface area contributed by atoms with Crippen LogP contribution in [-0.4, -0.2) is 41.0 Å². The Morgan fingerprint density at radius 2 is 1.78 bits per heavy atom. The average Bonchev–Trinajstić information content (AvgIpc) is 1.79. The Morgan fingerprint density at radius 1 is 1.22 bits per heavy atom. The molecule has 0 spiro atoms. The van der Waals surface area contributed by atoms with E-state index >= 15 is 0 Å². The zero-order chi connectivity index (χ0) is 6.53. The quantitative estimate of drug-likeness (QED) is 0.629. The van der Waals surface area contributed by atoms with Crippen LogP contribution in [0.5, 0.6) is 0 Å². The van der Waals surface area contributed by atoms with Gasteiger partial charge in [-0.25, -0.2) is 0 Å². The molecule has 0 aromatic carbocycles. The fourth-order valence-electron chi connectivity index (χ4n) is 0.475. The molecule has 1 nitrogen and oxygen atoms in total. The number of hydrogen-bond acceptors (Lipinski definition) is 3. The molecule has 0 atom stereocenters. The normalized spacial score (nSPS) is 25.0. The molecule has 1 aliphatic rings. The monoisotopic (exact) mass is 292 g/mol. The van der Waals surface area contributed by atoms with Crippen LogP contribution in [0.3, 0.4) is 0 Å². The van der Waals surface area contributed by atoms with Gasteiger partial charge >= 0.3 is 72.2 Å². The van der Waals surface area contributed by atoms with E-state index in [1.165, 1.54) is 0 Å². The van der Waals surface area contributed by atoms with Gasteiger partial charge in [0.05, 0.1) is 0 Å². The summed E-state index contributed by atoms with van der Waals surface area (Å²) in [5.41, 5.74) is 0. The zero-order valence-corrected chi connectivity index (χ0v) is 9.82. The Kier molecular flexibility index (Phi) is 5.34. The molecule has 1 aliphatic heterocycles. The molecule has 1 fully saturated rings. The molecule has 0 N–H and O–H groups in total. The molecule has 0 amide bonds. The summed E-state index contributed by atoms with van der Waals surface area (Å²) in [5.74, 6) is 2.22. The van der Waals surface area contributed by atoms with Gasteiger partial charge in [0.2, 0.25) is 0 Å². The minimum absolute atomic E-state index is 0.901. The van der Waals surface area contributed by atoms with E-state index in [4.69, 9.17) is 13.6 Å². The van der Waals surface area contributed by atoms with Crippen molar-refractivity contribution < 1.29 is 4.74 Å². The van der Waals surface area contributed by atoms with Crippen molar-refractivity contribution in [3.8, 4) is 0 Å². The molecular formula is C4H8ClOS2Sb. The maximum absolute atomic E-state index is 6.05. The van der Waals surface area contributed by atoms with Crippen LogP contribution in [0.25, 0.3) is 0 Å². The molecule has 0 aromatic rings. The number of halogens is 1. The van der Waals surface area contributed by atoms with Crippen molar-refractivity contribution in [2.24, 2.45) is 0 Å². The summed E-state index contributed by atoms with van der Waals surface area (Å²) in [6.07, 6.45) is 0. The molecule has 1 saturated heterocycles. The first-order valence-corrected chi connectivity index (χ1v) is 14.1. The third kappa shape index (κ3) is 4.26. The van der Waals surface area contributed by atoms with Crippen molar-refractivity contribution in [3.63, 3.8) is 0 Å². The molecule has 0 bridgehead atoms.